The molecule has 140 valence electrons. The first kappa shape index (κ1) is 19.9. The molecule has 0 aliphatic rings. The first-order valence-corrected chi connectivity index (χ1v) is 9.84. The lowest BCUT2D eigenvalue weighted by molar-refractivity contribution is 0.102. The van der Waals surface area contributed by atoms with Gasteiger partial charge in [-0.1, -0.05) is 32.0 Å². The summed E-state index contributed by atoms with van der Waals surface area (Å²) in [6.45, 7) is 6.04. The van der Waals surface area contributed by atoms with E-state index in [1.807, 2.05) is 0 Å². The number of carbonyl (C=O) groups excluding carboxylic acids is 1. The van der Waals surface area contributed by atoms with E-state index in [9.17, 15) is 13.2 Å². The molecular weight excluding hydrogens is 352 g/mol. The molecule has 0 spiro atoms. The molecule has 0 saturated carbocycles. The fourth-order valence-electron chi connectivity index (χ4n) is 2.66. The molecule has 7 heteroatoms. The molecular formula is C19H24N2O4S. The van der Waals surface area contributed by atoms with Crippen LogP contribution in [0.2, 0.25) is 0 Å². The van der Waals surface area contributed by atoms with Crippen LogP contribution in [0, 0.1) is 6.92 Å². The summed E-state index contributed by atoms with van der Waals surface area (Å²) < 4.78 is 32.2. The molecule has 0 unspecified atom stereocenters. The van der Waals surface area contributed by atoms with Gasteiger partial charge in [-0.15, -0.1) is 0 Å². The molecule has 0 aromatic heterocycles. The zero-order valence-corrected chi connectivity index (χ0v) is 16.3. The largest absolute Gasteiger partial charge is 0.495 e. The molecule has 1 N–H and O–H groups in total. The Hall–Kier alpha value is -2.38. The van der Waals surface area contributed by atoms with Crippen molar-refractivity contribution in [1.29, 1.82) is 0 Å². The summed E-state index contributed by atoms with van der Waals surface area (Å²) in [4.78, 5) is 12.8. The maximum Gasteiger partial charge on any atom is 0.255 e. The molecule has 6 nitrogen and oxygen atoms in total. The molecule has 0 aliphatic heterocycles. The Morgan fingerprint density at radius 1 is 1.12 bits per heavy atom. The molecule has 0 atom stereocenters. The van der Waals surface area contributed by atoms with E-state index in [0.29, 0.717) is 30.1 Å². The van der Waals surface area contributed by atoms with Gasteiger partial charge in [-0.25, -0.2) is 8.42 Å². The third kappa shape index (κ3) is 4.05. The number of hydrogen-bond donors (Lipinski definition) is 1. The second-order valence-corrected chi connectivity index (χ2v) is 7.63. The first-order valence-electron chi connectivity index (χ1n) is 8.40. The minimum Gasteiger partial charge on any atom is -0.495 e. The van der Waals surface area contributed by atoms with Crippen molar-refractivity contribution in [2.24, 2.45) is 0 Å². The number of nitrogens with one attached hydrogen (secondary N) is 1. The number of aryl methyl sites for hydroxylation is 1. The second kappa shape index (κ2) is 8.33. The van der Waals surface area contributed by atoms with Gasteiger partial charge in [0.15, 0.2) is 0 Å². The van der Waals surface area contributed by atoms with Crippen LogP contribution < -0.4 is 10.1 Å². The van der Waals surface area contributed by atoms with E-state index in [4.69, 9.17) is 4.74 Å². The predicted molar refractivity (Wildman–Crippen MR) is 102 cm³/mol. The van der Waals surface area contributed by atoms with Crippen molar-refractivity contribution in [2.75, 3.05) is 25.5 Å². The Labute approximate surface area is 154 Å². The van der Waals surface area contributed by atoms with Gasteiger partial charge in [-0.2, -0.15) is 4.31 Å². The number of anilines is 1. The molecule has 0 fully saturated rings. The molecule has 0 heterocycles. The van der Waals surface area contributed by atoms with Gasteiger partial charge in [-0.05, 0) is 36.8 Å². The number of para-hydroxylation sites is 2. The summed E-state index contributed by atoms with van der Waals surface area (Å²) in [5.74, 6) is 0.134. The third-order valence-electron chi connectivity index (χ3n) is 4.13. The molecule has 2 aromatic rings. The minimum atomic E-state index is -3.64. The van der Waals surface area contributed by atoms with Crippen LogP contribution in [0.25, 0.3) is 0 Å². The summed E-state index contributed by atoms with van der Waals surface area (Å²) in [5.41, 5.74) is 1.40. The highest BCUT2D eigenvalue weighted by atomic mass is 32.2. The number of methoxy groups -OCH3 is 1. The highest BCUT2D eigenvalue weighted by Crippen LogP contribution is 2.25. The smallest absolute Gasteiger partial charge is 0.255 e. The number of carbonyl (C=O) groups is 1. The van der Waals surface area contributed by atoms with Crippen LogP contribution in [-0.2, 0) is 10.0 Å². The van der Waals surface area contributed by atoms with Crippen LogP contribution in [0.4, 0.5) is 5.69 Å². The van der Waals surface area contributed by atoms with Crippen molar-refractivity contribution in [1.82, 2.24) is 4.31 Å². The van der Waals surface area contributed by atoms with Gasteiger partial charge in [-0.3, -0.25) is 4.79 Å². The summed E-state index contributed by atoms with van der Waals surface area (Å²) in [7, 11) is -2.13. The zero-order valence-electron chi connectivity index (χ0n) is 15.4. The molecule has 2 rings (SSSR count). The molecule has 0 bridgehead atoms. The first-order chi connectivity index (χ1) is 12.3. The number of nitrogens with zero attached hydrogens (tertiary/aromatic N) is 1. The number of hydrogen-bond acceptors (Lipinski definition) is 4. The van der Waals surface area contributed by atoms with Crippen LogP contribution in [0.1, 0.15) is 29.8 Å². The summed E-state index contributed by atoms with van der Waals surface area (Å²) >= 11 is 0. The minimum absolute atomic E-state index is 0.147. The molecule has 0 radical (unpaired) electrons. The lowest BCUT2D eigenvalue weighted by Crippen LogP contribution is -2.31. The van der Waals surface area contributed by atoms with Crippen molar-refractivity contribution in [3.05, 3.63) is 53.6 Å². The number of amides is 1. The average molecular weight is 376 g/mol. The van der Waals surface area contributed by atoms with E-state index in [1.54, 1.807) is 57.2 Å². The fraction of sp³-hybridized carbons (Fsp3) is 0.316. The molecule has 0 aliphatic carbocycles. The van der Waals surface area contributed by atoms with E-state index in [1.165, 1.54) is 17.5 Å². The monoisotopic (exact) mass is 376 g/mol. The molecule has 0 saturated heterocycles. The van der Waals surface area contributed by atoms with Gasteiger partial charge in [0.25, 0.3) is 5.91 Å². The summed E-state index contributed by atoms with van der Waals surface area (Å²) in [6.07, 6.45) is 0. The average Bonchev–Trinajstić information content (AvgIpc) is 2.63. The lowest BCUT2D eigenvalue weighted by atomic mass is 10.1. The quantitative estimate of drug-likeness (QED) is 0.805. The van der Waals surface area contributed by atoms with Gasteiger partial charge in [0, 0.05) is 18.7 Å². The maximum absolute atomic E-state index is 12.8. The second-order valence-electron chi connectivity index (χ2n) is 5.72. The van der Waals surface area contributed by atoms with E-state index >= 15 is 0 Å². The van der Waals surface area contributed by atoms with E-state index in [2.05, 4.69) is 5.32 Å². The van der Waals surface area contributed by atoms with Crippen molar-refractivity contribution >= 4 is 21.6 Å². The molecule has 2 aromatic carbocycles. The van der Waals surface area contributed by atoms with Gasteiger partial charge >= 0.3 is 0 Å². The topological polar surface area (TPSA) is 75.7 Å². The van der Waals surface area contributed by atoms with Crippen molar-refractivity contribution in [3.63, 3.8) is 0 Å². The Morgan fingerprint density at radius 3 is 2.38 bits per heavy atom. The standard InChI is InChI=1S/C19H24N2O4S/c1-5-21(6-2)26(23,24)18-13-15(12-11-14(18)3)19(22)20-16-9-7-8-10-17(16)25-4/h7-13H,5-6H2,1-4H3,(H,20,22). The van der Waals surface area contributed by atoms with Gasteiger partial charge < -0.3 is 10.1 Å². The van der Waals surface area contributed by atoms with Crippen LogP contribution in [0.15, 0.2) is 47.4 Å². The Morgan fingerprint density at radius 2 is 1.77 bits per heavy atom. The number of sulfonamides is 1. The Kier molecular flexibility index (Phi) is 6.39. The highest BCUT2D eigenvalue weighted by molar-refractivity contribution is 7.89. The zero-order chi connectivity index (χ0) is 19.3. The fourth-order valence-corrected chi connectivity index (χ4v) is 4.37. The van der Waals surface area contributed by atoms with E-state index < -0.39 is 15.9 Å². The normalized spacial score (nSPS) is 11.4. The maximum atomic E-state index is 12.8. The molecule has 26 heavy (non-hydrogen) atoms. The number of ether oxygens (including phenoxy) is 1. The Bertz CT molecular complexity index is 890. The predicted octanol–water partition coefficient (Wildman–Crippen LogP) is 3.29. The van der Waals surface area contributed by atoms with E-state index in [0.717, 1.165) is 0 Å². The lowest BCUT2D eigenvalue weighted by Gasteiger charge is -2.20. The summed E-state index contributed by atoms with van der Waals surface area (Å²) in [5, 5.41) is 2.76. The van der Waals surface area contributed by atoms with Crippen LogP contribution in [-0.4, -0.2) is 38.8 Å². The SMILES string of the molecule is CCN(CC)S(=O)(=O)c1cc(C(=O)Nc2ccccc2OC)ccc1C. The van der Waals surface area contributed by atoms with Crippen molar-refractivity contribution < 1.29 is 17.9 Å². The number of benzene rings is 2. The molecule has 1 amide bonds. The van der Waals surface area contributed by atoms with Crippen LogP contribution in [0.5, 0.6) is 5.75 Å². The van der Waals surface area contributed by atoms with Crippen molar-refractivity contribution in [3.8, 4) is 5.75 Å². The van der Waals surface area contributed by atoms with Crippen molar-refractivity contribution in [2.45, 2.75) is 25.7 Å². The highest BCUT2D eigenvalue weighted by Gasteiger charge is 2.24. The van der Waals surface area contributed by atoms with Gasteiger partial charge in [0.2, 0.25) is 10.0 Å². The van der Waals surface area contributed by atoms with Crippen LogP contribution in [0.3, 0.4) is 0 Å². The van der Waals surface area contributed by atoms with E-state index in [-0.39, 0.29) is 10.5 Å². The summed E-state index contributed by atoms with van der Waals surface area (Å²) in [6, 6.07) is 11.7. The van der Waals surface area contributed by atoms with Gasteiger partial charge in [0.1, 0.15) is 5.75 Å². The Balaban J connectivity index is 2.39. The third-order valence-corrected chi connectivity index (χ3v) is 6.32. The van der Waals surface area contributed by atoms with Gasteiger partial charge in [0.05, 0.1) is 17.7 Å². The van der Waals surface area contributed by atoms with Crippen LogP contribution >= 0.6 is 0 Å². The number of rotatable bonds is 7.